The summed E-state index contributed by atoms with van der Waals surface area (Å²) in [6.45, 7) is 2.55. The van der Waals surface area contributed by atoms with Crippen LogP contribution >= 0.6 is 0 Å². The molecule has 3 heterocycles. The van der Waals surface area contributed by atoms with Crippen molar-refractivity contribution in [2.24, 2.45) is 11.8 Å². The second kappa shape index (κ2) is 6.75. The van der Waals surface area contributed by atoms with E-state index in [0.29, 0.717) is 45.0 Å². The van der Waals surface area contributed by atoms with Crippen molar-refractivity contribution < 1.29 is 14.3 Å². The monoisotopic (exact) mass is 343 g/mol. The first kappa shape index (κ1) is 16.5. The second-order valence-electron chi connectivity index (χ2n) is 7.80. The maximum absolute atomic E-state index is 12.1. The van der Waals surface area contributed by atoms with E-state index in [2.05, 4.69) is 10.3 Å². The zero-order chi connectivity index (χ0) is 17.3. The second-order valence-corrected chi connectivity index (χ2v) is 7.80. The molecule has 0 bridgehead atoms. The van der Waals surface area contributed by atoms with Gasteiger partial charge in [-0.1, -0.05) is 0 Å². The first-order valence-electron chi connectivity index (χ1n) is 9.19. The highest BCUT2D eigenvalue weighted by molar-refractivity contribution is 5.78. The van der Waals surface area contributed by atoms with Gasteiger partial charge in [0.05, 0.1) is 19.7 Å². The molecule has 4 rings (SSSR count). The molecular weight excluding hydrogens is 318 g/mol. The summed E-state index contributed by atoms with van der Waals surface area (Å²) in [6, 6.07) is 3.80. The van der Waals surface area contributed by atoms with Crippen LogP contribution in [-0.2, 0) is 20.9 Å². The fourth-order valence-corrected chi connectivity index (χ4v) is 3.85. The quantitative estimate of drug-likeness (QED) is 0.850. The van der Waals surface area contributed by atoms with E-state index in [1.165, 1.54) is 12.8 Å². The summed E-state index contributed by atoms with van der Waals surface area (Å²) < 4.78 is 5.97. The molecule has 1 saturated carbocycles. The van der Waals surface area contributed by atoms with Gasteiger partial charge in [0.1, 0.15) is 5.60 Å². The average Bonchev–Trinajstić information content (AvgIpc) is 3.29. The maximum Gasteiger partial charge on any atom is 0.223 e. The van der Waals surface area contributed by atoms with Gasteiger partial charge >= 0.3 is 0 Å². The van der Waals surface area contributed by atoms with E-state index in [9.17, 15) is 9.59 Å². The molecule has 1 unspecified atom stereocenters. The topological polar surface area (TPSA) is 71.5 Å². The van der Waals surface area contributed by atoms with Crippen molar-refractivity contribution in [3.8, 4) is 0 Å². The van der Waals surface area contributed by atoms with Gasteiger partial charge in [-0.15, -0.1) is 0 Å². The first-order valence-corrected chi connectivity index (χ1v) is 9.19. The molecule has 2 saturated heterocycles. The molecule has 6 nitrogen and oxygen atoms in total. The van der Waals surface area contributed by atoms with Gasteiger partial charge in [-0.05, 0) is 48.8 Å². The van der Waals surface area contributed by atoms with Gasteiger partial charge in [-0.3, -0.25) is 14.6 Å². The largest absolute Gasteiger partial charge is 0.371 e. The summed E-state index contributed by atoms with van der Waals surface area (Å²) in [5, 5.41) is 2.96. The highest BCUT2D eigenvalue weighted by Gasteiger charge is 2.51. The summed E-state index contributed by atoms with van der Waals surface area (Å²) in [5.41, 5.74) is 0.862. The third-order valence-corrected chi connectivity index (χ3v) is 5.47. The molecule has 134 valence electrons. The highest BCUT2D eigenvalue weighted by atomic mass is 16.5. The zero-order valence-corrected chi connectivity index (χ0v) is 14.4. The first-order chi connectivity index (χ1) is 12.1. The normalized spacial score (nSPS) is 24.2. The lowest BCUT2D eigenvalue weighted by atomic mass is 9.85. The summed E-state index contributed by atoms with van der Waals surface area (Å²) in [7, 11) is 0. The van der Waals surface area contributed by atoms with E-state index < -0.39 is 0 Å². The van der Waals surface area contributed by atoms with Crippen molar-refractivity contribution in [3.63, 3.8) is 0 Å². The molecular formula is C19H25N3O3. The highest BCUT2D eigenvalue weighted by Crippen LogP contribution is 2.40. The lowest BCUT2D eigenvalue weighted by Crippen LogP contribution is -2.63. The Morgan fingerprint density at radius 2 is 1.96 bits per heavy atom. The van der Waals surface area contributed by atoms with Crippen molar-refractivity contribution in [2.45, 2.75) is 44.2 Å². The lowest BCUT2D eigenvalue weighted by molar-refractivity contribution is -0.158. The van der Waals surface area contributed by atoms with E-state index in [1.54, 1.807) is 12.4 Å². The number of rotatable bonds is 6. The number of likely N-dealkylation sites (tertiary alicyclic amines) is 1. The van der Waals surface area contributed by atoms with Gasteiger partial charge in [0.25, 0.3) is 0 Å². The SMILES string of the molecule is O=C(CC1COC2(C1)CN(C(=O)CC1CC1)C2)NCc1ccncc1. The van der Waals surface area contributed by atoms with Gasteiger partial charge in [-0.2, -0.15) is 0 Å². The van der Waals surface area contributed by atoms with Crippen molar-refractivity contribution in [2.75, 3.05) is 19.7 Å². The van der Waals surface area contributed by atoms with Gasteiger partial charge in [0, 0.05) is 31.8 Å². The number of carbonyl (C=O) groups is 2. The molecule has 3 fully saturated rings. The molecule has 0 aromatic carbocycles. The van der Waals surface area contributed by atoms with E-state index in [0.717, 1.165) is 12.0 Å². The third-order valence-electron chi connectivity index (χ3n) is 5.47. The Labute approximate surface area is 147 Å². The molecule has 3 aliphatic rings. The van der Waals surface area contributed by atoms with Crippen molar-refractivity contribution in [3.05, 3.63) is 30.1 Å². The number of amides is 2. The fraction of sp³-hybridized carbons (Fsp3) is 0.632. The molecule has 1 atom stereocenters. The van der Waals surface area contributed by atoms with Gasteiger partial charge in [0.15, 0.2) is 0 Å². The Morgan fingerprint density at radius 3 is 2.68 bits per heavy atom. The molecule has 1 N–H and O–H groups in total. The number of pyridine rings is 1. The predicted molar refractivity (Wildman–Crippen MR) is 91.4 cm³/mol. The van der Waals surface area contributed by atoms with Crippen LogP contribution in [0.5, 0.6) is 0 Å². The molecule has 2 amide bonds. The molecule has 1 spiro atoms. The lowest BCUT2D eigenvalue weighted by Gasteiger charge is -2.47. The van der Waals surface area contributed by atoms with Crippen LogP contribution in [0.25, 0.3) is 0 Å². The van der Waals surface area contributed by atoms with Gasteiger partial charge < -0.3 is 15.0 Å². The van der Waals surface area contributed by atoms with E-state index in [4.69, 9.17) is 4.74 Å². The fourth-order valence-electron chi connectivity index (χ4n) is 3.85. The molecule has 1 aliphatic carbocycles. The van der Waals surface area contributed by atoms with Crippen LogP contribution in [0.1, 0.15) is 37.7 Å². The van der Waals surface area contributed by atoms with Crippen LogP contribution in [0.2, 0.25) is 0 Å². The summed E-state index contributed by atoms with van der Waals surface area (Å²) in [6.07, 6.45) is 7.93. The maximum atomic E-state index is 12.1. The van der Waals surface area contributed by atoms with Crippen LogP contribution in [0.3, 0.4) is 0 Å². The Balaban J connectivity index is 1.18. The number of hydrogen-bond donors (Lipinski definition) is 1. The van der Waals surface area contributed by atoms with E-state index >= 15 is 0 Å². The van der Waals surface area contributed by atoms with Crippen LogP contribution in [0, 0.1) is 11.8 Å². The van der Waals surface area contributed by atoms with Crippen LogP contribution < -0.4 is 5.32 Å². The van der Waals surface area contributed by atoms with Crippen molar-refractivity contribution in [1.29, 1.82) is 0 Å². The van der Waals surface area contributed by atoms with Gasteiger partial charge in [-0.25, -0.2) is 0 Å². The molecule has 25 heavy (non-hydrogen) atoms. The number of nitrogens with one attached hydrogen (secondary N) is 1. The number of carbonyl (C=O) groups excluding carboxylic acids is 2. The number of aromatic nitrogens is 1. The molecule has 2 aliphatic heterocycles. The summed E-state index contributed by atoms with van der Waals surface area (Å²) in [5.74, 6) is 1.21. The molecule has 1 aromatic rings. The Kier molecular flexibility index (Phi) is 4.46. The minimum Gasteiger partial charge on any atom is -0.371 e. The van der Waals surface area contributed by atoms with Crippen LogP contribution in [-0.4, -0.2) is 47.0 Å². The minimum absolute atomic E-state index is 0.0588. The standard InChI is InChI=1S/C19H25N3O3/c23-17(21-10-15-3-5-20-6-4-15)7-16-9-19(25-11-16)12-22(13-19)18(24)8-14-1-2-14/h3-6,14,16H,1-2,7-13H2,(H,21,23). The Bertz CT molecular complexity index is 639. The van der Waals surface area contributed by atoms with E-state index in [1.807, 2.05) is 17.0 Å². The van der Waals surface area contributed by atoms with Crippen LogP contribution in [0.15, 0.2) is 24.5 Å². The van der Waals surface area contributed by atoms with Crippen LogP contribution in [0.4, 0.5) is 0 Å². The molecule has 0 radical (unpaired) electrons. The molecule has 1 aromatic heterocycles. The number of nitrogens with zero attached hydrogens (tertiary/aromatic N) is 2. The summed E-state index contributed by atoms with van der Waals surface area (Å²) in [4.78, 5) is 30.1. The number of ether oxygens (including phenoxy) is 1. The zero-order valence-electron chi connectivity index (χ0n) is 14.4. The number of hydrogen-bond acceptors (Lipinski definition) is 4. The average molecular weight is 343 g/mol. The van der Waals surface area contributed by atoms with E-state index in [-0.39, 0.29) is 23.3 Å². The minimum atomic E-state index is -0.185. The van der Waals surface area contributed by atoms with Crippen molar-refractivity contribution >= 4 is 11.8 Å². The smallest absolute Gasteiger partial charge is 0.223 e. The Hall–Kier alpha value is -1.95. The summed E-state index contributed by atoms with van der Waals surface area (Å²) >= 11 is 0. The van der Waals surface area contributed by atoms with Crippen molar-refractivity contribution in [1.82, 2.24) is 15.2 Å². The Morgan fingerprint density at radius 1 is 1.20 bits per heavy atom. The predicted octanol–water partition coefficient (Wildman–Crippen LogP) is 1.51. The van der Waals surface area contributed by atoms with Gasteiger partial charge in [0.2, 0.25) is 11.8 Å². The third kappa shape index (κ3) is 4.00. The molecule has 6 heteroatoms.